The Kier molecular flexibility index (Phi) is 4.44. The van der Waals surface area contributed by atoms with E-state index in [-0.39, 0.29) is 11.7 Å². The average molecular weight is 386 g/mol. The fraction of sp³-hybridized carbons (Fsp3) is 0.167. The molecule has 132 valence electrons. The van der Waals surface area contributed by atoms with Crippen LogP contribution in [0.2, 0.25) is 0 Å². The molecule has 26 heavy (non-hydrogen) atoms. The van der Waals surface area contributed by atoms with Crippen LogP contribution in [0.1, 0.15) is 27.1 Å². The smallest absolute Gasteiger partial charge is 0.267 e. The average Bonchev–Trinajstić information content (AvgIpc) is 3.31. The summed E-state index contributed by atoms with van der Waals surface area (Å²) in [7, 11) is 0. The Bertz CT molecular complexity index is 993. The second kappa shape index (κ2) is 6.89. The minimum absolute atomic E-state index is 0.126. The van der Waals surface area contributed by atoms with Crippen molar-refractivity contribution < 1.29 is 19.1 Å². The third-order valence-corrected chi connectivity index (χ3v) is 5.63. The highest BCUT2D eigenvalue weighted by atomic mass is 32.1. The molecular weight excluding hydrogens is 372 g/mol. The van der Waals surface area contributed by atoms with Crippen molar-refractivity contribution in [3.05, 3.63) is 46.3 Å². The van der Waals surface area contributed by atoms with Crippen LogP contribution in [-0.2, 0) is 0 Å². The molecule has 6 nitrogen and oxygen atoms in total. The van der Waals surface area contributed by atoms with Crippen LogP contribution >= 0.6 is 22.7 Å². The zero-order chi connectivity index (χ0) is 18.1. The quantitative estimate of drug-likeness (QED) is 0.683. The van der Waals surface area contributed by atoms with E-state index >= 15 is 0 Å². The Morgan fingerprint density at radius 3 is 2.69 bits per heavy atom. The fourth-order valence-corrected chi connectivity index (χ4v) is 4.11. The SMILES string of the molecule is CC(=O)c1csc(NC(=O)c2ccc(-c3ccc4c(c3)OCCO4)s2)n1. The summed E-state index contributed by atoms with van der Waals surface area (Å²) in [4.78, 5) is 29.3. The van der Waals surface area contributed by atoms with Crippen LogP contribution in [0, 0.1) is 0 Å². The highest BCUT2D eigenvalue weighted by Crippen LogP contribution is 2.37. The molecule has 0 spiro atoms. The predicted octanol–water partition coefficient (Wildman–Crippen LogP) is 4.10. The first-order valence-corrected chi connectivity index (χ1v) is 9.57. The van der Waals surface area contributed by atoms with Gasteiger partial charge in [-0.1, -0.05) is 0 Å². The zero-order valence-electron chi connectivity index (χ0n) is 13.8. The maximum atomic E-state index is 12.4. The van der Waals surface area contributed by atoms with Gasteiger partial charge in [-0.2, -0.15) is 0 Å². The van der Waals surface area contributed by atoms with Crippen molar-refractivity contribution in [3.8, 4) is 21.9 Å². The topological polar surface area (TPSA) is 77.5 Å². The molecule has 4 rings (SSSR count). The van der Waals surface area contributed by atoms with E-state index in [1.807, 2.05) is 24.3 Å². The van der Waals surface area contributed by atoms with Gasteiger partial charge in [-0.05, 0) is 35.9 Å². The Hall–Kier alpha value is -2.71. The highest BCUT2D eigenvalue weighted by Gasteiger charge is 2.16. The van der Waals surface area contributed by atoms with E-state index < -0.39 is 0 Å². The predicted molar refractivity (Wildman–Crippen MR) is 101 cm³/mol. The lowest BCUT2D eigenvalue weighted by Crippen LogP contribution is -2.15. The molecule has 1 aliphatic heterocycles. The summed E-state index contributed by atoms with van der Waals surface area (Å²) in [6, 6.07) is 9.41. The van der Waals surface area contributed by atoms with Gasteiger partial charge >= 0.3 is 0 Å². The molecule has 0 aliphatic carbocycles. The van der Waals surface area contributed by atoms with Gasteiger partial charge in [-0.3, -0.25) is 14.9 Å². The maximum Gasteiger partial charge on any atom is 0.267 e. The molecule has 0 radical (unpaired) electrons. The molecule has 0 atom stereocenters. The summed E-state index contributed by atoms with van der Waals surface area (Å²) >= 11 is 2.61. The number of Topliss-reactive ketones (excluding diaryl/α,β-unsaturated/α-hetero) is 1. The number of rotatable bonds is 4. The van der Waals surface area contributed by atoms with Gasteiger partial charge < -0.3 is 9.47 Å². The number of anilines is 1. The standard InChI is InChI=1S/C18H14N2O4S2/c1-10(21)12-9-25-18(19-12)20-17(22)16-5-4-15(26-16)11-2-3-13-14(8-11)24-7-6-23-13/h2-5,8-9H,6-7H2,1H3,(H,19,20,22). The number of amides is 1. The molecule has 1 N–H and O–H groups in total. The molecule has 1 aliphatic rings. The normalized spacial score (nSPS) is 12.7. The van der Waals surface area contributed by atoms with Crippen LogP contribution in [0.15, 0.2) is 35.7 Å². The van der Waals surface area contributed by atoms with Crippen molar-refractivity contribution in [2.75, 3.05) is 18.5 Å². The molecule has 1 amide bonds. The molecule has 0 bridgehead atoms. The number of ether oxygens (including phenoxy) is 2. The van der Waals surface area contributed by atoms with E-state index in [0.717, 1.165) is 16.2 Å². The van der Waals surface area contributed by atoms with Gasteiger partial charge in [-0.15, -0.1) is 22.7 Å². The summed E-state index contributed by atoms with van der Waals surface area (Å²) in [5, 5.41) is 4.77. The summed E-state index contributed by atoms with van der Waals surface area (Å²) in [5.74, 6) is 1.08. The molecule has 8 heteroatoms. The van der Waals surface area contributed by atoms with Crippen molar-refractivity contribution in [1.82, 2.24) is 4.98 Å². The largest absolute Gasteiger partial charge is 0.486 e. The molecule has 0 unspecified atom stereocenters. The van der Waals surface area contributed by atoms with Crippen molar-refractivity contribution in [1.29, 1.82) is 0 Å². The Morgan fingerprint density at radius 1 is 1.12 bits per heavy atom. The summed E-state index contributed by atoms with van der Waals surface area (Å²) in [6.45, 7) is 2.53. The molecule has 3 aromatic rings. The fourth-order valence-electron chi connectivity index (χ4n) is 2.46. The molecular formula is C18H14N2O4S2. The molecule has 0 fully saturated rings. The number of hydrogen-bond donors (Lipinski definition) is 1. The van der Waals surface area contributed by atoms with Gasteiger partial charge in [0.25, 0.3) is 5.91 Å². The van der Waals surface area contributed by atoms with Gasteiger partial charge in [0.15, 0.2) is 22.4 Å². The number of carbonyl (C=O) groups is 2. The van der Waals surface area contributed by atoms with Crippen molar-refractivity contribution >= 4 is 39.5 Å². The molecule has 3 heterocycles. The van der Waals surface area contributed by atoms with E-state index in [9.17, 15) is 9.59 Å². The number of nitrogens with zero attached hydrogens (tertiary/aromatic N) is 1. The van der Waals surface area contributed by atoms with Crippen molar-refractivity contribution in [2.45, 2.75) is 6.92 Å². The number of thiophene rings is 1. The van der Waals surface area contributed by atoms with Gasteiger partial charge in [-0.25, -0.2) is 4.98 Å². The van der Waals surface area contributed by atoms with Crippen molar-refractivity contribution in [2.24, 2.45) is 0 Å². The minimum Gasteiger partial charge on any atom is -0.486 e. The third-order valence-electron chi connectivity index (χ3n) is 3.74. The van der Waals surface area contributed by atoms with E-state index in [0.29, 0.717) is 34.7 Å². The number of carbonyl (C=O) groups excluding carboxylic acids is 2. The summed E-state index contributed by atoms with van der Waals surface area (Å²) in [6.07, 6.45) is 0. The van der Waals surface area contributed by atoms with E-state index in [4.69, 9.17) is 9.47 Å². The third kappa shape index (κ3) is 3.33. The molecule has 0 saturated heterocycles. The van der Waals surface area contributed by atoms with E-state index in [1.165, 1.54) is 29.6 Å². The van der Waals surface area contributed by atoms with Crippen molar-refractivity contribution in [3.63, 3.8) is 0 Å². The van der Waals surface area contributed by atoms with Crippen LogP contribution in [0.4, 0.5) is 5.13 Å². The summed E-state index contributed by atoms with van der Waals surface area (Å²) in [5.41, 5.74) is 1.32. The van der Waals surface area contributed by atoms with Crippen LogP contribution < -0.4 is 14.8 Å². The first-order chi connectivity index (χ1) is 12.6. The number of fused-ring (bicyclic) bond motifs is 1. The Morgan fingerprint density at radius 2 is 1.92 bits per heavy atom. The van der Waals surface area contributed by atoms with Crippen LogP contribution in [0.5, 0.6) is 11.5 Å². The number of ketones is 1. The van der Waals surface area contributed by atoms with E-state index in [1.54, 1.807) is 11.4 Å². The van der Waals surface area contributed by atoms with Gasteiger partial charge in [0, 0.05) is 17.2 Å². The number of hydrogen-bond acceptors (Lipinski definition) is 7. The number of benzene rings is 1. The minimum atomic E-state index is -0.247. The van der Waals surface area contributed by atoms with Crippen LogP contribution in [0.3, 0.4) is 0 Å². The monoisotopic (exact) mass is 386 g/mol. The van der Waals surface area contributed by atoms with Crippen LogP contribution in [-0.4, -0.2) is 29.9 Å². The Labute approximate surface area is 157 Å². The molecule has 2 aromatic heterocycles. The van der Waals surface area contributed by atoms with E-state index in [2.05, 4.69) is 10.3 Å². The van der Waals surface area contributed by atoms with Gasteiger partial charge in [0.05, 0.1) is 4.88 Å². The molecule has 0 saturated carbocycles. The maximum absolute atomic E-state index is 12.4. The number of nitrogens with one attached hydrogen (secondary N) is 1. The van der Waals surface area contributed by atoms with Gasteiger partial charge in [0.1, 0.15) is 18.9 Å². The first kappa shape index (κ1) is 16.7. The lowest BCUT2D eigenvalue weighted by Gasteiger charge is -2.18. The lowest BCUT2D eigenvalue weighted by atomic mass is 10.1. The number of thiazole rings is 1. The molecule has 1 aromatic carbocycles. The highest BCUT2D eigenvalue weighted by molar-refractivity contribution is 7.17. The second-order valence-electron chi connectivity index (χ2n) is 5.57. The first-order valence-electron chi connectivity index (χ1n) is 7.88. The second-order valence-corrected chi connectivity index (χ2v) is 7.51. The zero-order valence-corrected chi connectivity index (χ0v) is 15.4. The van der Waals surface area contributed by atoms with Crippen LogP contribution in [0.25, 0.3) is 10.4 Å². The lowest BCUT2D eigenvalue weighted by molar-refractivity contribution is 0.100. The van der Waals surface area contributed by atoms with Gasteiger partial charge in [0.2, 0.25) is 0 Å². The number of aromatic nitrogens is 1. The summed E-state index contributed by atoms with van der Waals surface area (Å²) < 4.78 is 11.1. The Balaban J connectivity index is 1.52.